The molecule has 1 aromatic carbocycles. The van der Waals surface area contributed by atoms with Gasteiger partial charge in [-0.3, -0.25) is 4.79 Å². The minimum atomic E-state index is -1.36. The molecule has 1 aromatic rings. The summed E-state index contributed by atoms with van der Waals surface area (Å²) in [5.41, 5.74) is 0.197. The van der Waals surface area contributed by atoms with Crippen molar-refractivity contribution in [1.82, 2.24) is 5.32 Å². The third-order valence-electron chi connectivity index (χ3n) is 3.51. The summed E-state index contributed by atoms with van der Waals surface area (Å²) in [5, 5.41) is 12.7. The molecule has 1 heterocycles. The maximum atomic E-state index is 14.0. The predicted octanol–water partition coefficient (Wildman–Crippen LogP) is 1.24. The Morgan fingerprint density at radius 1 is 1.48 bits per heavy atom. The minimum Gasteiger partial charge on any atom is -0.534 e. The molecule has 2 rings (SSSR count). The zero-order valence-electron chi connectivity index (χ0n) is 13.1. The quantitative estimate of drug-likeness (QED) is 0.629. The van der Waals surface area contributed by atoms with Crippen molar-refractivity contribution in [1.29, 1.82) is 0 Å². The van der Waals surface area contributed by atoms with Gasteiger partial charge >= 0.3 is 13.1 Å². The van der Waals surface area contributed by atoms with E-state index in [0.29, 0.717) is 18.4 Å². The molecule has 124 valence electrons. The lowest BCUT2D eigenvalue weighted by Crippen LogP contribution is -2.53. The zero-order chi connectivity index (χ0) is 17.0. The van der Waals surface area contributed by atoms with E-state index in [1.807, 2.05) is 6.92 Å². The second-order valence-electron chi connectivity index (χ2n) is 5.27. The van der Waals surface area contributed by atoms with Crippen LogP contribution < -0.4 is 9.97 Å². The van der Waals surface area contributed by atoms with Gasteiger partial charge in [0.05, 0.1) is 12.5 Å². The van der Waals surface area contributed by atoms with E-state index >= 15 is 0 Å². The first-order valence-electron chi connectivity index (χ1n) is 7.60. The Hall–Kier alpha value is -2.09. The van der Waals surface area contributed by atoms with Crippen LogP contribution in [0.4, 0.5) is 4.39 Å². The third-order valence-corrected chi connectivity index (χ3v) is 3.51. The van der Waals surface area contributed by atoms with E-state index in [9.17, 15) is 19.0 Å². The van der Waals surface area contributed by atoms with Gasteiger partial charge in [-0.2, -0.15) is 0 Å². The molecule has 2 N–H and O–H groups in total. The van der Waals surface area contributed by atoms with Gasteiger partial charge in [0.15, 0.2) is 0 Å². The molecule has 0 spiro atoms. The van der Waals surface area contributed by atoms with E-state index in [2.05, 4.69) is 5.32 Å². The highest BCUT2D eigenvalue weighted by Gasteiger charge is 2.38. The van der Waals surface area contributed by atoms with E-state index in [-0.39, 0.29) is 30.2 Å². The molecule has 1 atom stereocenters. The number of esters is 1. The van der Waals surface area contributed by atoms with Crippen LogP contribution in [0.1, 0.15) is 42.6 Å². The number of nitrogens with one attached hydrogen (secondary N) is 1. The molecule has 0 unspecified atom stereocenters. The Balaban J connectivity index is 2.26. The largest absolute Gasteiger partial charge is 0.547 e. The molecule has 0 aliphatic carbocycles. The molecule has 0 aromatic heterocycles. The van der Waals surface area contributed by atoms with E-state index < -0.39 is 24.8 Å². The first kappa shape index (κ1) is 17.3. The number of halogens is 1. The fourth-order valence-corrected chi connectivity index (χ4v) is 2.46. The highest BCUT2D eigenvalue weighted by atomic mass is 19.1. The predicted molar refractivity (Wildman–Crippen MR) is 81.5 cm³/mol. The topological polar surface area (TPSA) is 84.9 Å². The first-order chi connectivity index (χ1) is 11.0. The Morgan fingerprint density at radius 2 is 2.22 bits per heavy atom. The number of hydrogen-bond acceptors (Lipinski definition) is 5. The second-order valence-corrected chi connectivity index (χ2v) is 5.27. The number of benzene rings is 1. The summed E-state index contributed by atoms with van der Waals surface area (Å²) in [7, 11) is -1.36. The van der Waals surface area contributed by atoms with Gasteiger partial charge in [0.25, 0.3) is 0 Å². The molecule has 0 saturated heterocycles. The summed E-state index contributed by atoms with van der Waals surface area (Å²) in [6.07, 6.45) is 1.26. The molecule has 6 nitrogen and oxygen atoms in total. The summed E-state index contributed by atoms with van der Waals surface area (Å²) >= 11 is 0. The van der Waals surface area contributed by atoms with Crippen molar-refractivity contribution >= 4 is 19.0 Å². The summed E-state index contributed by atoms with van der Waals surface area (Å²) in [5.74, 6) is -2.50. The monoisotopic (exact) mass is 323 g/mol. The van der Waals surface area contributed by atoms with Gasteiger partial charge in [-0.15, -0.1) is 0 Å². The fourth-order valence-electron chi connectivity index (χ4n) is 2.46. The van der Waals surface area contributed by atoms with Gasteiger partial charge in [-0.1, -0.05) is 13.0 Å². The number of hydrogen-bond donors (Lipinski definition) is 2. The highest BCUT2D eigenvalue weighted by Crippen LogP contribution is 2.32. The van der Waals surface area contributed by atoms with Gasteiger partial charge in [-0.05, 0) is 31.4 Å². The molecule has 8 heteroatoms. The zero-order valence-corrected chi connectivity index (χ0v) is 13.1. The van der Waals surface area contributed by atoms with Crippen LogP contribution in [0.3, 0.4) is 0 Å². The van der Waals surface area contributed by atoms with Crippen LogP contribution in [0.5, 0.6) is 5.75 Å². The van der Waals surface area contributed by atoms with Crippen LogP contribution in [0.15, 0.2) is 12.1 Å². The minimum absolute atomic E-state index is 0.0306. The van der Waals surface area contributed by atoms with Crippen molar-refractivity contribution in [3.05, 3.63) is 29.1 Å². The Kier molecular flexibility index (Phi) is 5.60. The van der Waals surface area contributed by atoms with Crippen molar-refractivity contribution in [2.24, 2.45) is 0 Å². The number of ether oxygens (including phenoxy) is 1. The Bertz CT molecular complexity index is 610. The fraction of sp³-hybridized carbons (Fsp3) is 0.467. The normalized spacial score (nSPS) is 16.3. The molecule has 0 fully saturated rings. The van der Waals surface area contributed by atoms with Gasteiger partial charge in [-0.25, -0.2) is 9.18 Å². The summed E-state index contributed by atoms with van der Waals surface area (Å²) < 4.78 is 24.1. The summed E-state index contributed by atoms with van der Waals surface area (Å²) in [4.78, 5) is 23.6. The van der Waals surface area contributed by atoms with E-state index in [0.717, 1.165) is 6.07 Å². The average Bonchev–Trinajstić information content (AvgIpc) is 2.48. The molecule has 0 bridgehead atoms. The molecule has 23 heavy (non-hydrogen) atoms. The molecule has 1 aliphatic rings. The summed E-state index contributed by atoms with van der Waals surface area (Å²) in [6.45, 7) is 3.58. The van der Waals surface area contributed by atoms with E-state index in [1.165, 1.54) is 6.07 Å². The first-order valence-corrected chi connectivity index (χ1v) is 7.60. The lowest BCUT2D eigenvalue weighted by atomic mass is 9.72. The van der Waals surface area contributed by atoms with Crippen molar-refractivity contribution in [2.75, 3.05) is 6.61 Å². The Morgan fingerprint density at radius 3 is 2.87 bits per heavy atom. The molecular formula is C15H19BFNO5. The number of rotatable bonds is 5. The van der Waals surface area contributed by atoms with Crippen LogP contribution >= 0.6 is 0 Å². The van der Waals surface area contributed by atoms with Crippen molar-refractivity contribution in [3.63, 3.8) is 0 Å². The summed E-state index contributed by atoms with van der Waals surface area (Å²) in [6, 6.07) is 2.62. The molecule has 1 aliphatic heterocycles. The molecule has 0 saturated carbocycles. The SMILES string of the molecule is CCCC(=O)N[C@H]1Cc2ccc(F)c(C(=O)OCC)c2OB1O. The lowest BCUT2D eigenvalue weighted by molar-refractivity contribution is -0.121. The van der Waals surface area contributed by atoms with Crippen LogP contribution in [0, 0.1) is 5.82 Å². The van der Waals surface area contributed by atoms with Gasteiger partial charge in [0, 0.05) is 6.42 Å². The maximum Gasteiger partial charge on any atom is 0.547 e. The molecule has 1 amide bonds. The van der Waals surface area contributed by atoms with Gasteiger partial charge < -0.3 is 19.7 Å². The van der Waals surface area contributed by atoms with Crippen LogP contribution in [-0.2, 0) is 16.0 Å². The molecule has 0 radical (unpaired) electrons. The Labute approximate surface area is 134 Å². The van der Waals surface area contributed by atoms with Gasteiger partial charge in [0.1, 0.15) is 17.1 Å². The molecular weight excluding hydrogens is 304 g/mol. The van der Waals surface area contributed by atoms with Crippen LogP contribution in [-0.4, -0.2) is 36.6 Å². The van der Waals surface area contributed by atoms with Gasteiger partial charge in [0.2, 0.25) is 5.91 Å². The number of carbonyl (C=O) groups excluding carboxylic acids is 2. The third kappa shape index (κ3) is 3.82. The maximum absolute atomic E-state index is 14.0. The average molecular weight is 323 g/mol. The smallest absolute Gasteiger partial charge is 0.534 e. The second kappa shape index (κ2) is 7.46. The van der Waals surface area contributed by atoms with Crippen molar-refractivity contribution in [2.45, 2.75) is 39.1 Å². The van der Waals surface area contributed by atoms with E-state index in [1.54, 1.807) is 6.92 Å². The van der Waals surface area contributed by atoms with Crippen molar-refractivity contribution in [3.8, 4) is 5.75 Å². The number of fused-ring (bicyclic) bond motifs is 1. The van der Waals surface area contributed by atoms with Crippen molar-refractivity contribution < 1.29 is 28.4 Å². The standard InChI is InChI=1S/C15H19BFNO5/c1-3-5-12(19)18-11-8-9-6-7-10(17)13(15(20)22-4-2)14(9)23-16(11)21/h6-7,11,21H,3-5,8H2,1-2H3,(H,18,19)/t11-/m0/s1. The number of carbonyl (C=O) groups is 2. The van der Waals surface area contributed by atoms with Crippen LogP contribution in [0.25, 0.3) is 0 Å². The van der Waals surface area contributed by atoms with E-state index in [4.69, 9.17) is 9.39 Å². The highest BCUT2D eigenvalue weighted by molar-refractivity contribution is 6.47. The van der Waals surface area contributed by atoms with Crippen LogP contribution in [0.2, 0.25) is 0 Å². The lowest BCUT2D eigenvalue weighted by Gasteiger charge is -2.29. The number of amides is 1.